The van der Waals surface area contributed by atoms with Crippen molar-refractivity contribution in [2.75, 3.05) is 46.4 Å². The van der Waals surface area contributed by atoms with E-state index in [1.807, 2.05) is 36.4 Å². The standard InChI is InChI=1S/C52H68N8O7S/c1-7-59-41-17-16-34-24-36(41)37(45(59)35-14-10-20-53-43(35)31(2)65-6)26-51(4,5)30-66-50(64)38-15-11-21-60(56-38)48(62)39(25-42-54-40(34)27-68-42)55-47(61)44(33-12-8-9-13-33)57-22-18-52(28-57)19-23-58(29-52)49(63)46-32(3)67-46/h10,14,16-17,20,24,27,31-33,38-39,44,46,56H,7-9,11-13,15,18-19,21-23,25-26,28-30H2,1-6H3,(H,55,61)/t31-,32+,38-,39-,44?,46+,52-/m0/s1. The number of carbonyl (C=O) groups is 4. The zero-order chi connectivity index (χ0) is 47.5. The number of aromatic nitrogens is 3. The number of hydrazine groups is 1. The molecule has 3 aromatic heterocycles. The average molecular weight is 949 g/mol. The third kappa shape index (κ3) is 9.11. The summed E-state index contributed by atoms with van der Waals surface area (Å²) in [5.41, 5.74) is 9.59. The van der Waals surface area contributed by atoms with Crippen LogP contribution in [0.3, 0.4) is 0 Å². The van der Waals surface area contributed by atoms with Gasteiger partial charge in [0.25, 0.3) is 11.8 Å². The van der Waals surface area contributed by atoms with Crippen LogP contribution in [0, 0.1) is 16.7 Å². The third-order valence-electron chi connectivity index (χ3n) is 15.8. The molecule has 1 unspecified atom stereocenters. The summed E-state index contributed by atoms with van der Waals surface area (Å²) >= 11 is 1.49. The molecule has 7 atom stereocenters. The molecule has 1 aromatic carbocycles. The Morgan fingerprint density at radius 1 is 1.06 bits per heavy atom. The lowest BCUT2D eigenvalue weighted by atomic mass is 9.84. The summed E-state index contributed by atoms with van der Waals surface area (Å²) < 4.78 is 19.9. The van der Waals surface area contributed by atoms with E-state index < -0.39 is 29.5 Å². The van der Waals surface area contributed by atoms with Crippen LogP contribution in [0.2, 0.25) is 0 Å². The number of thiazole rings is 1. The number of likely N-dealkylation sites (tertiary alicyclic amines) is 2. The maximum Gasteiger partial charge on any atom is 0.324 e. The van der Waals surface area contributed by atoms with Gasteiger partial charge in [-0.15, -0.1) is 11.3 Å². The SMILES string of the molecule is CCn1c(-c2cccnc2[C@H](C)OC)c2c3cc(ccc31)-c1csc(n1)C[C@H](NC(=O)C(C1CCCC1)N1CC[C@]3(CCN(C(=O)[C@@H]4O[C@@H]4C)C3)C1)C(=O)N1CCC[C@H](N1)C(=O)OCC(C)(C)C2. The van der Waals surface area contributed by atoms with E-state index in [0.29, 0.717) is 38.9 Å². The molecule has 5 aliphatic heterocycles. The Morgan fingerprint density at radius 3 is 2.62 bits per heavy atom. The lowest BCUT2D eigenvalue weighted by molar-refractivity contribution is -0.155. The van der Waals surface area contributed by atoms with Crippen molar-refractivity contribution >= 4 is 45.9 Å². The number of methoxy groups -OCH3 is 1. The fraction of sp³-hybridized carbons (Fsp3) is 0.615. The average Bonchev–Trinajstić information content (AvgIpc) is 4.00. The minimum Gasteiger partial charge on any atom is -0.464 e. The number of esters is 1. The molecule has 4 saturated heterocycles. The van der Waals surface area contributed by atoms with Gasteiger partial charge in [0, 0.05) is 90.7 Å². The van der Waals surface area contributed by atoms with E-state index in [9.17, 15) is 14.4 Å². The van der Waals surface area contributed by atoms with E-state index in [0.717, 1.165) is 108 Å². The lowest BCUT2D eigenvalue weighted by Crippen LogP contribution is -2.62. The summed E-state index contributed by atoms with van der Waals surface area (Å²) in [4.78, 5) is 71.4. The minimum absolute atomic E-state index is 0.0217. The highest BCUT2D eigenvalue weighted by Gasteiger charge is 2.52. The molecule has 10 rings (SSSR count). The number of nitrogens with one attached hydrogen (secondary N) is 2. The van der Waals surface area contributed by atoms with Crippen molar-refractivity contribution in [3.8, 4) is 22.5 Å². The molecule has 68 heavy (non-hydrogen) atoms. The molecule has 5 fully saturated rings. The Kier molecular flexibility index (Phi) is 13.0. The maximum atomic E-state index is 15.0. The minimum atomic E-state index is -0.930. The van der Waals surface area contributed by atoms with Gasteiger partial charge in [0.05, 0.1) is 46.9 Å². The van der Waals surface area contributed by atoms with Gasteiger partial charge in [-0.2, -0.15) is 0 Å². The van der Waals surface area contributed by atoms with Crippen LogP contribution >= 0.6 is 11.3 Å². The number of ether oxygens (including phenoxy) is 3. The van der Waals surface area contributed by atoms with Crippen molar-refractivity contribution in [1.82, 2.24) is 40.1 Å². The zero-order valence-corrected chi connectivity index (χ0v) is 41.4. The van der Waals surface area contributed by atoms with Gasteiger partial charge in [-0.1, -0.05) is 32.8 Å². The van der Waals surface area contributed by atoms with Crippen molar-refractivity contribution in [3.05, 3.63) is 58.2 Å². The Labute approximate surface area is 403 Å². The fourth-order valence-corrected chi connectivity index (χ4v) is 12.9. The second-order valence-corrected chi connectivity index (χ2v) is 22.2. The van der Waals surface area contributed by atoms with Crippen LogP contribution in [0.5, 0.6) is 0 Å². The molecule has 2 N–H and O–H groups in total. The predicted octanol–water partition coefficient (Wildman–Crippen LogP) is 6.47. The van der Waals surface area contributed by atoms with E-state index in [1.54, 1.807) is 7.11 Å². The van der Waals surface area contributed by atoms with Crippen LogP contribution in [0.4, 0.5) is 0 Å². The normalized spacial score (nSPS) is 27.7. The Balaban J connectivity index is 0.986. The molecule has 6 aliphatic rings. The quantitative estimate of drug-likeness (QED) is 0.140. The number of amides is 3. The number of aryl methyl sites for hydroxylation is 1. The zero-order valence-electron chi connectivity index (χ0n) is 40.6. The molecular weight excluding hydrogens is 881 g/mol. The van der Waals surface area contributed by atoms with Crippen molar-refractivity contribution < 1.29 is 33.4 Å². The van der Waals surface area contributed by atoms with Crippen molar-refractivity contribution in [2.24, 2.45) is 16.7 Å². The summed E-state index contributed by atoms with van der Waals surface area (Å²) in [5, 5.41) is 8.71. The highest BCUT2D eigenvalue weighted by Crippen LogP contribution is 2.45. The summed E-state index contributed by atoms with van der Waals surface area (Å²) in [5.74, 6) is -0.590. The summed E-state index contributed by atoms with van der Waals surface area (Å²) in [6.45, 7) is 14.5. The monoisotopic (exact) mass is 948 g/mol. The topological polar surface area (TPSA) is 164 Å². The number of pyridine rings is 1. The van der Waals surface area contributed by atoms with Crippen molar-refractivity contribution in [3.63, 3.8) is 0 Å². The van der Waals surface area contributed by atoms with E-state index in [4.69, 9.17) is 24.2 Å². The first-order chi connectivity index (χ1) is 32.7. The predicted molar refractivity (Wildman–Crippen MR) is 259 cm³/mol. The Bertz CT molecular complexity index is 2570. The number of nitrogens with zero attached hydrogens (tertiary/aromatic N) is 6. The molecule has 4 aromatic rings. The van der Waals surface area contributed by atoms with Gasteiger partial charge in [0.2, 0.25) is 5.91 Å². The van der Waals surface area contributed by atoms with Crippen LogP contribution in [-0.4, -0.2) is 130 Å². The maximum absolute atomic E-state index is 15.0. The van der Waals surface area contributed by atoms with Gasteiger partial charge in [-0.05, 0) is 108 Å². The summed E-state index contributed by atoms with van der Waals surface area (Å²) in [6, 6.07) is 8.54. The number of cyclic esters (lactones) is 1. The largest absolute Gasteiger partial charge is 0.464 e. The first-order valence-corrected chi connectivity index (χ1v) is 25.9. The van der Waals surface area contributed by atoms with E-state index in [1.165, 1.54) is 16.3 Å². The number of hydrogen-bond donors (Lipinski definition) is 2. The molecule has 16 heteroatoms. The second kappa shape index (κ2) is 18.9. The van der Waals surface area contributed by atoms with E-state index in [-0.39, 0.29) is 60.4 Å². The Morgan fingerprint density at radius 2 is 1.85 bits per heavy atom. The highest BCUT2D eigenvalue weighted by atomic mass is 32.1. The highest BCUT2D eigenvalue weighted by molar-refractivity contribution is 7.10. The summed E-state index contributed by atoms with van der Waals surface area (Å²) in [6.07, 6.45) is 9.02. The number of benzene rings is 1. The molecule has 364 valence electrons. The number of carbonyl (C=O) groups excluding carboxylic acids is 4. The molecule has 3 amide bonds. The van der Waals surface area contributed by atoms with Crippen LogP contribution in [0.1, 0.15) is 108 Å². The molecule has 6 bridgehead atoms. The molecule has 1 aliphatic carbocycles. The first-order valence-electron chi connectivity index (χ1n) is 25.1. The van der Waals surface area contributed by atoms with Crippen LogP contribution in [0.15, 0.2) is 41.9 Å². The molecular formula is C52H68N8O7S. The number of hydrogen-bond acceptors (Lipinski definition) is 12. The number of epoxide rings is 1. The third-order valence-corrected chi connectivity index (χ3v) is 16.7. The molecule has 1 saturated carbocycles. The number of fused-ring (bicyclic) bond motifs is 6. The first kappa shape index (κ1) is 47.0. The summed E-state index contributed by atoms with van der Waals surface area (Å²) in [7, 11) is 1.70. The Hall–Kier alpha value is -4.74. The molecule has 1 spiro atoms. The van der Waals surface area contributed by atoms with Gasteiger partial charge < -0.3 is 29.0 Å². The van der Waals surface area contributed by atoms with Crippen molar-refractivity contribution in [2.45, 2.75) is 142 Å². The van der Waals surface area contributed by atoms with Gasteiger partial charge >= 0.3 is 5.97 Å². The van der Waals surface area contributed by atoms with Gasteiger partial charge in [0.1, 0.15) is 12.1 Å². The fourth-order valence-electron chi connectivity index (χ4n) is 12.1. The van der Waals surface area contributed by atoms with Crippen molar-refractivity contribution in [1.29, 1.82) is 0 Å². The second-order valence-electron chi connectivity index (χ2n) is 21.3. The van der Waals surface area contributed by atoms with Crippen LogP contribution in [0.25, 0.3) is 33.4 Å². The van der Waals surface area contributed by atoms with Gasteiger partial charge in [0.15, 0.2) is 6.10 Å². The smallest absolute Gasteiger partial charge is 0.324 e. The molecule has 8 heterocycles. The number of rotatable bonds is 9. The lowest BCUT2D eigenvalue weighted by Gasteiger charge is -2.37. The molecule has 15 nitrogen and oxygen atoms in total. The van der Waals surface area contributed by atoms with Gasteiger partial charge in [-0.3, -0.25) is 34.1 Å². The van der Waals surface area contributed by atoms with E-state index in [2.05, 4.69) is 65.2 Å². The van der Waals surface area contributed by atoms with Crippen LogP contribution in [-0.2, 0) is 52.8 Å². The molecule has 0 radical (unpaired) electrons. The van der Waals surface area contributed by atoms with Crippen LogP contribution < -0.4 is 10.7 Å². The van der Waals surface area contributed by atoms with Gasteiger partial charge in [-0.25, -0.2) is 10.4 Å². The van der Waals surface area contributed by atoms with E-state index >= 15 is 4.79 Å².